The monoisotopic (exact) mass is 314 g/mol. The lowest BCUT2D eigenvalue weighted by Gasteiger charge is -2.29. The lowest BCUT2D eigenvalue weighted by atomic mass is 10.1. The van der Waals surface area contributed by atoms with E-state index in [1.807, 2.05) is 0 Å². The van der Waals surface area contributed by atoms with E-state index in [4.69, 9.17) is 11.6 Å². The lowest BCUT2D eigenvalue weighted by Crippen LogP contribution is -2.45. The van der Waals surface area contributed by atoms with Crippen LogP contribution in [0.3, 0.4) is 0 Å². The van der Waals surface area contributed by atoms with Crippen molar-refractivity contribution < 1.29 is 8.42 Å². The van der Waals surface area contributed by atoms with Crippen LogP contribution in [0.4, 0.5) is 0 Å². The molecule has 1 saturated heterocycles. The van der Waals surface area contributed by atoms with Gasteiger partial charge in [-0.15, -0.1) is 0 Å². The molecular weight excluding hydrogens is 296 g/mol. The van der Waals surface area contributed by atoms with Crippen LogP contribution in [0.15, 0.2) is 29.7 Å². The van der Waals surface area contributed by atoms with Crippen LogP contribution in [0.5, 0.6) is 0 Å². The van der Waals surface area contributed by atoms with Crippen molar-refractivity contribution in [2.75, 3.05) is 20.1 Å². The molecule has 0 bridgehead atoms. The Bertz CT molecular complexity index is 563. The van der Waals surface area contributed by atoms with Gasteiger partial charge < -0.3 is 5.32 Å². The first-order valence-corrected chi connectivity index (χ1v) is 8.49. The largest absolute Gasteiger partial charge is 0.315 e. The first-order valence-electron chi connectivity index (χ1n) is 6.61. The van der Waals surface area contributed by atoms with Crippen LogP contribution >= 0.6 is 11.6 Å². The van der Waals surface area contributed by atoms with Crippen LogP contribution in [0, 0.1) is 0 Å². The maximum absolute atomic E-state index is 12.3. The van der Waals surface area contributed by atoms with Gasteiger partial charge in [0.2, 0.25) is 10.0 Å². The topological polar surface area (TPSA) is 49.4 Å². The Balaban J connectivity index is 2.07. The number of sulfonamides is 1. The minimum absolute atomic E-state index is 0.0311. The van der Waals surface area contributed by atoms with E-state index in [1.54, 1.807) is 37.4 Å². The Labute approximate surface area is 125 Å². The summed E-state index contributed by atoms with van der Waals surface area (Å²) in [6.45, 7) is 1.68. The molecule has 1 aliphatic heterocycles. The molecule has 0 saturated carbocycles. The maximum Gasteiger partial charge on any atom is 0.236 e. The zero-order valence-corrected chi connectivity index (χ0v) is 13.0. The van der Waals surface area contributed by atoms with E-state index >= 15 is 0 Å². The molecule has 1 fully saturated rings. The molecule has 2 rings (SSSR count). The fourth-order valence-electron chi connectivity index (χ4n) is 2.19. The van der Waals surface area contributed by atoms with E-state index < -0.39 is 10.0 Å². The number of halogens is 1. The Kier molecular flexibility index (Phi) is 5.21. The second-order valence-corrected chi connectivity index (χ2v) is 7.23. The van der Waals surface area contributed by atoms with Gasteiger partial charge in [0.1, 0.15) is 0 Å². The summed E-state index contributed by atoms with van der Waals surface area (Å²) >= 11 is 5.80. The molecular formula is C14H19ClN2O2S. The van der Waals surface area contributed by atoms with Crippen molar-refractivity contribution in [3.8, 4) is 0 Å². The summed E-state index contributed by atoms with van der Waals surface area (Å²) < 4.78 is 26.0. The number of piperidine rings is 1. The summed E-state index contributed by atoms with van der Waals surface area (Å²) in [6.07, 6.45) is 3.50. The Morgan fingerprint density at radius 1 is 1.35 bits per heavy atom. The van der Waals surface area contributed by atoms with Crippen molar-refractivity contribution in [3.05, 3.63) is 40.3 Å². The van der Waals surface area contributed by atoms with Gasteiger partial charge in [0, 0.05) is 30.1 Å². The molecule has 0 amide bonds. The number of likely N-dealkylation sites (N-methyl/N-ethyl adjacent to an activating group) is 1. The van der Waals surface area contributed by atoms with Crippen molar-refractivity contribution in [1.29, 1.82) is 0 Å². The van der Waals surface area contributed by atoms with Crippen molar-refractivity contribution in [2.45, 2.75) is 18.9 Å². The highest BCUT2D eigenvalue weighted by Gasteiger charge is 2.25. The molecule has 1 unspecified atom stereocenters. The molecule has 1 N–H and O–H groups in total. The third-order valence-electron chi connectivity index (χ3n) is 3.49. The molecule has 4 nitrogen and oxygen atoms in total. The number of hydrogen-bond donors (Lipinski definition) is 1. The summed E-state index contributed by atoms with van der Waals surface area (Å²) in [5.74, 6) is 0. The predicted octanol–water partition coefficient (Wildman–Crippen LogP) is 2.32. The van der Waals surface area contributed by atoms with Crippen LogP contribution in [-0.2, 0) is 10.0 Å². The van der Waals surface area contributed by atoms with Gasteiger partial charge in [0.05, 0.1) is 0 Å². The molecule has 20 heavy (non-hydrogen) atoms. The average Bonchev–Trinajstić information content (AvgIpc) is 2.47. The van der Waals surface area contributed by atoms with Crippen LogP contribution in [-0.4, -0.2) is 38.9 Å². The number of rotatable bonds is 4. The van der Waals surface area contributed by atoms with Gasteiger partial charge in [-0.05, 0) is 43.2 Å². The smallest absolute Gasteiger partial charge is 0.236 e. The van der Waals surface area contributed by atoms with Gasteiger partial charge in [-0.1, -0.05) is 23.7 Å². The van der Waals surface area contributed by atoms with E-state index in [1.165, 1.54) is 9.71 Å². The molecule has 0 aliphatic carbocycles. The molecule has 0 aromatic heterocycles. The number of hydrogen-bond acceptors (Lipinski definition) is 3. The molecule has 1 aromatic rings. The van der Waals surface area contributed by atoms with E-state index in [0.29, 0.717) is 11.6 Å². The highest BCUT2D eigenvalue weighted by molar-refractivity contribution is 7.92. The molecule has 110 valence electrons. The molecule has 1 atom stereocenters. The van der Waals surface area contributed by atoms with Crippen molar-refractivity contribution in [1.82, 2.24) is 9.62 Å². The van der Waals surface area contributed by atoms with Gasteiger partial charge in [0.25, 0.3) is 0 Å². The number of nitrogens with one attached hydrogen (secondary N) is 1. The van der Waals surface area contributed by atoms with Crippen LogP contribution in [0.1, 0.15) is 18.4 Å². The van der Waals surface area contributed by atoms with Crippen LogP contribution in [0.2, 0.25) is 5.02 Å². The van der Waals surface area contributed by atoms with E-state index in [-0.39, 0.29) is 6.04 Å². The average molecular weight is 315 g/mol. The molecule has 0 radical (unpaired) electrons. The summed E-state index contributed by atoms with van der Waals surface area (Å²) in [4.78, 5) is 0. The SMILES string of the molecule is CN(C1CCCNC1)S(=O)(=O)C=Cc1ccc(Cl)cc1. The Morgan fingerprint density at radius 3 is 2.65 bits per heavy atom. The Morgan fingerprint density at radius 2 is 2.05 bits per heavy atom. The second kappa shape index (κ2) is 6.72. The second-order valence-electron chi connectivity index (χ2n) is 4.92. The van der Waals surface area contributed by atoms with Crippen LogP contribution in [0.25, 0.3) is 6.08 Å². The summed E-state index contributed by atoms with van der Waals surface area (Å²) in [5.41, 5.74) is 0.813. The minimum Gasteiger partial charge on any atom is -0.315 e. The summed E-state index contributed by atoms with van der Waals surface area (Å²) in [6, 6.07) is 7.08. The number of benzene rings is 1. The third kappa shape index (κ3) is 4.06. The number of nitrogens with zero attached hydrogens (tertiary/aromatic N) is 1. The van der Waals surface area contributed by atoms with Crippen molar-refractivity contribution in [3.63, 3.8) is 0 Å². The van der Waals surface area contributed by atoms with Gasteiger partial charge in [-0.2, -0.15) is 4.31 Å². The summed E-state index contributed by atoms with van der Waals surface area (Å²) in [5, 5.41) is 5.11. The molecule has 6 heteroatoms. The summed E-state index contributed by atoms with van der Waals surface area (Å²) in [7, 11) is -1.75. The van der Waals surface area contributed by atoms with Gasteiger partial charge in [0.15, 0.2) is 0 Å². The molecule has 1 aromatic carbocycles. The van der Waals surface area contributed by atoms with Crippen molar-refractivity contribution in [2.24, 2.45) is 0 Å². The van der Waals surface area contributed by atoms with Gasteiger partial charge >= 0.3 is 0 Å². The standard InChI is InChI=1S/C14H19ClN2O2S/c1-17(14-3-2-9-16-11-14)20(18,19)10-8-12-4-6-13(15)7-5-12/h4-8,10,14,16H,2-3,9,11H2,1H3. The van der Waals surface area contributed by atoms with Gasteiger partial charge in [-0.3, -0.25) is 0 Å². The van der Waals surface area contributed by atoms with E-state index in [9.17, 15) is 8.42 Å². The normalized spacial score (nSPS) is 20.6. The molecule has 1 aliphatic rings. The van der Waals surface area contributed by atoms with E-state index in [0.717, 1.165) is 24.9 Å². The Hall–Kier alpha value is -0.880. The fraction of sp³-hybridized carbons (Fsp3) is 0.429. The third-order valence-corrected chi connectivity index (χ3v) is 5.32. The van der Waals surface area contributed by atoms with Crippen LogP contribution < -0.4 is 5.32 Å². The maximum atomic E-state index is 12.3. The zero-order chi connectivity index (χ0) is 14.6. The van der Waals surface area contributed by atoms with Gasteiger partial charge in [-0.25, -0.2) is 8.42 Å². The molecule has 1 heterocycles. The zero-order valence-electron chi connectivity index (χ0n) is 11.4. The fourth-order valence-corrected chi connectivity index (χ4v) is 3.43. The highest BCUT2D eigenvalue weighted by Crippen LogP contribution is 2.16. The highest BCUT2D eigenvalue weighted by atomic mass is 35.5. The quantitative estimate of drug-likeness (QED) is 0.928. The first-order chi connectivity index (χ1) is 9.49. The lowest BCUT2D eigenvalue weighted by molar-refractivity contribution is 0.302. The molecule has 0 spiro atoms. The predicted molar refractivity (Wildman–Crippen MR) is 83.1 cm³/mol. The minimum atomic E-state index is -3.39. The van der Waals surface area contributed by atoms with E-state index in [2.05, 4.69) is 5.32 Å². The van der Waals surface area contributed by atoms with Crippen molar-refractivity contribution >= 4 is 27.7 Å². The first kappa shape index (κ1) is 15.5.